The van der Waals surface area contributed by atoms with Gasteiger partial charge in [-0.05, 0) is 88.4 Å². The number of aromatic nitrogens is 3. The number of nitrogens with one attached hydrogen (secondary N) is 1. The summed E-state index contributed by atoms with van der Waals surface area (Å²) in [5.41, 5.74) is 1.25. The summed E-state index contributed by atoms with van der Waals surface area (Å²) < 4.78 is 25.4. The Balaban J connectivity index is 1.25. The number of anilines is 1. The first kappa shape index (κ1) is 32.7. The van der Waals surface area contributed by atoms with Crippen LogP contribution < -0.4 is 19.5 Å². The van der Waals surface area contributed by atoms with E-state index in [4.69, 9.17) is 29.0 Å². The molecular formula is C38H43N5O5. The number of carbonyl (C=O) groups is 1. The third-order valence-corrected chi connectivity index (χ3v) is 8.37. The van der Waals surface area contributed by atoms with E-state index in [0.29, 0.717) is 35.3 Å². The minimum atomic E-state index is -0.528. The van der Waals surface area contributed by atoms with Crippen molar-refractivity contribution < 1.29 is 23.7 Å². The molecule has 2 aromatic heterocycles. The minimum Gasteiger partial charge on any atom is -0.497 e. The summed E-state index contributed by atoms with van der Waals surface area (Å²) in [4.78, 5) is 19.2. The van der Waals surface area contributed by atoms with Crippen LogP contribution in [0.4, 0.5) is 10.6 Å². The highest BCUT2D eigenvalue weighted by molar-refractivity contribution is 5.93. The van der Waals surface area contributed by atoms with Crippen molar-refractivity contribution in [2.24, 2.45) is 0 Å². The Bertz CT molecular complexity index is 1830. The van der Waals surface area contributed by atoms with Crippen LogP contribution in [-0.2, 0) is 11.3 Å². The predicted molar refractivity (Wildman–Crippen MR) is 186 cm³/mol. The van der Waals surface area contributed by atoms with Crippen molar-refractivity contribution in [1.82, 2.24) is 19.7 Å². The molecule has 0 saturated heterocycles. The lowest BCUT2D eigenvalue weighted by molar-refractivity contribution is 0.0185. The van der Waals surface area contributed by atoms with E-state index in [0.717, 1.165) is 48.1 Å². The summed E-state index contributed by atoms with van der Waals surface area (Å²) in [6.45, 7) is 6.19. The summed E-state index contributed by atoms with van der Waals surface area (Å²) in [6, 6.07) is 27.3. The van der Waals surface area contributed by atoms with E-state index in [1.165, 1.54) is 0 Å². The first-order valence-corrected chi connectivity index (χ1v) is 16.4. The van der Waals surface area contributed by atoms with Gasteiger partial charge in [0, 0.05) is 37.5 Å². The summed E-state index contributed by atoms with van der Waals surface area (Å²) in [6.07, 6.45) is 4.92. The molecule has 1 saturated carbocycles. The van der Waals surface area contributed by atoms with E-state index < -0.39 is 5.60 Å². The molecule has 0 unspecified atom stereocenters. The average molecular weight is 650 g/mol. The summed E-state index contributed by atoms with van der Waals surface area (Å²) in [7, 11) is 3.49. The van der Waals surface area contributed by atoms with Gasteiger partial charge in [0.2, 0.25) is 0 Å². The lowest BCUT2D eigenvalue weighted by Gasteiger charge is -2.35. The predicted octanol–water partition coefficient (Wildman–Crippen LogP) is 8.66. The molecule has 1 N–H and O–H groups in total. The van der Waals surface area contributed by atoms with Gasteiger partial charge in [-0.15, -0.1) is 0 Å². The van der Waals surface area contributed by atoms with E-state index in [2.05, 4.69) is 5.32 Å². The number of carbonyl (C=O) groups excluding carboxylic acids is 1. The van der Waals surface area contributed by atoms with Crippen LogP contribution in [0.3, 0.4) is 0 Å². The molecule has 48 heavy (non-hydrogen) atoms. The smallest absolute Gasteiger partial charge is 0.410 e. The number of fused-ring (bicyclic) bond motifs is 1. The van der Waals surface area contributed by atoms with Crippen LogP contribution in [0.2, 0.25) is 0 Å². The van der Waals surface area contributed by atoms with E-state index in [-0.39, 0.29) is 18.2 Å². The largest absolute Gasteiger partial charge is 0.497 e. The van der Waals surface area contributed by atoms with Gasteiger partial charge in [0.1, 0.15) is 39.7 Å². The molecule has 10 nitrogen and oxygen atoms in total. The molecule has 0 bridgehead atoms. The molecular weight excluding hydrogens is 606 g/mol. The van der Waals surface area contributed by atoms with Gasteiger partial charge in [-0.1, -0.05) is 36.4 Å². The Morgan fingerprint density at radius 2 is 1.56 bits per heavy atom. The zero-order chi connectivity index (χ0) is 33.7. The van der Waals surface area contributed by atoms with Crippen molar-refractivity contribution in [1.29, 1.82) is 0 Å². The molecule has 250 valence electrons. The van der Waals surface area contributed by atoms with Crippen LogP contribution in [-0.4, -0.2) is 57.6 Å². The fourth-order valence-corrected chi connectivity index (χ4v) is 5.91. The molecule has 3 aromatic carbocycles. The molecule has 1 aliphatic rings. The fourth-order valence-electron chi connectivity index (χ4n) is 5.91. The number of amides is 1. The summed E-state index contributed by atoms with van der Waals surface area (Å²) in [5, 5.41) is 9.56. The van der Waals surface area contributed by atoms with E-state index in [1.807, 2.05) is 117 Å². The monoisotopic (exact) mass is 649 g/mol. The molecule has 0 radical (unpaired) electrons. The molecule has 1 fully saturated rings. The van der Waals surface area contributed by atoms with E-state index >= 15 is 0 Å². The SMILES string of the molecule is COc1ccc(Cn2nc(N[C@H]3CC[C@@H](N(C)C(=O)OC(C)(C)C)CC3)c3c(Oc4cccc(Oc5ccccc5)c4)ccnc32)cc1. The van der Waals surface area contributed by atoms with Crippen molar-refractivity contribution in [3.8, 4) is 28.7 Å². The molecule has 1 aliphatic carbocycles. The van der Waals surface area contributed by atoms with Gasteiger partial charge in [-0.3, -0.25) is 0 Å². The topological polar surface area (TPSA) is 100.0 Å². The van der Waals surface area contributed by atoms with Gasteiger partial charge in [-0.25, -0.2) is 14.5 Å². The third kappa shape index (κ3) is 7.99. The van der Waals surface area contributed by atoms with Gasteiger partial charge < -0.3 is 29.2 Å². The van der Waals surface area contributed by atoms with Gasteiger partial charge in [0.15, 0.2) is 11.5 Å². The number of methoxy groups -OCH3 is 1. The Kier molecular flexibility index (Phi) is 9.70. The summed E-state index contributed by atoms with van der Waals surface area (Å²) in [5.74, 6) is 4.20. The first-order chi connectivity index (χ1) is 23.1. The highest BCUT2D eigenvalue weighted by atomic mass is 16.6. The van der Waals surface area contributed by atoms with Crippen molar-refractivity contribution in [3.05, 3.63) is 96.7 Å². The van der Waals surface area contributed by atoms with Crippen molar-refractivity contribution in [2.45, 2.75) is 70.7 Å². The number of benzene rings is 3. The Hall–Kier alpha value is -5.25. The number of para-hydroxylation sites is 1. The molecule has 0 spiro atoms. The highest BCUT2D eigenvalue weighted by Gasteiger charge is 2.30. The number of ether oxygens (including phenoxy) is 4. The Morgan fingerprint density at radius 3 is 2.25 bits per heavy atom. The van der Waals surface area contributed by atoms with Crippen LogP contribution in [0.25, 0.3) is 11.0 Å². The molecule has 0 aliphatic heterocycles. The number of hydrogen-bond donors (Lipinski definition) is 1. The van der Waals surface area contributed by atoms with Crippen LogP contribution in [0.1, 0.15) is 52.0 Å². The second-order valence-electron chi connectivity index (χ2n) is 13.1. The maximum absolute atomic E-state index is 12.7. The Morgan fingerprint density at radius 1 is 0.875 bits per heavy atom. The zero-order valence-corrected chi connectivity index (χ0v) is 28.2. The molecule has 10 heteroatoms. The van der Waals surface area contributed by atoms with Crippen molar-refractivity contribution >= 4 is 22.9 Å². The molecule has 0 atom stereocenters. The van der Waals surface area contributed by atoms with E-state index in [9.17, 15) is 4.79 Å². The quantitative estimate of drug-likeness (QED) is 0.160. The fraction of sp³-hybridized carbons (Fsp3) is 0.342. The second-order valence-corrected chi connectivity index (χ2v) is 13.1. The van der Waals surface area contributed by atoms with Crippen LogP contribution in [0, 0.1) is 0 Å². The molecule has 1 amide bonds. The molecule has 2 heterocycles. The van der Waals surface area contributed by atoms with Gasteiger partial charge in [0.05, 0.1) is 13.7 Å². The lowest BCUT2D eigenvalue weighted by atomic mass is 9.90. The third-order valence-electron chi connectivity index (χ3n) is 8.37. The van der Waals surface area contributed by atoms with Crippen LogP contribution in [0.5, 0.6) is 28.7 Å². The normalized spacial score (nSPS) is 16.3. The highest BCUT2D eigenvalue weighted by Crippen LogP contribution is 2.37. The van der Waals surface area contributed by atoms with Crippen LogP contribution in [0.15, 0.2) is 91.1 Å². The maximum atomic E-state index is 12.7. The second kappa shape index (κ2) is 14.3. The van der Waals surface area contributed by atoms with Crippen molar-refractivity contribution in [3.63, 3.8) is 0 Å². The first-order valence-electron chi connectivity index (χ1n) is 16.4. The number of nitrogens with zero attached hydrogens (tertiary/aromatic N) is 4. The minimum absolute atomic E-state index is 0.119. The average Bonchev–Trinajstić information content (AvgIpc) is 3.42. The number of hydrogen-bond acceptors (Lipinski definition) is 8. The van der Waals surface area contributed by atoms with Crippen molar-refractivity contribution in [2.75, 3.05) is 19.5 Å². The Labute approximate surface area is 281 Å². The van der Waals surface area contributed by atoms with Gasteiger partial charge in [-0.2, -0.15) is 5.10 Å². The molecule has 6 rings (SSSR count). The van der Waals surface area contributed by atoms with Crippen LogP contribution >= 0.6 is 0 Å². The molecule has 5 aromatic rings. The van der Waals surface area contributed by atoms with Gasteiger partial charge >= 0.3 is 6.09 Å². The standard InChI is InChI=1S/C38H43N5O5/c1-38(2,3)48-37(44)42(4)28-18-16-27(17-19-28)40-35-34-33(47-32-13-9-12-31(24-32)46-30-10-7-6-8-11-30)22-23-39-36(34)43(41-35)25-26-14-20-29(45-5)21-15-26/h6-15,20-24,27-28H,16-19,25H2,1-5H3,(H,40,41)/t27-,28+. The zero-order valence-electron chi connectivity index (χ0n) is 28.2. The van der Waals surface area contributed by atoms with Gasteiger partial charge in [0.25, 0.3) is 0 Å². The maximum Gasteiger partial charge on any atom is 0.410 e. The number of rotatable bonds is 10. The van der Waals surface area contributed by atoms with E-state index in [1.54, 1.807) is 18.2 Å². The lowest BCUT2D eigenvalue weighted by Crippen LogP contribution is -2.43. The number of pyridine rings is 1. The summed E-state index contributed by atoms with van der Waals surface area (Å²) >= 11 is 0.